The van der Waals surface area contributed by atoms with E-state index in [1.165, 1.54) is 40.7 Å². The Balaban J connectivity index is 2.02. The van der Waals surface area contributed by atoms with Gasteiger partial charge >= 0.3 is 0 Å². The Morgan fingerprint density at radius 1 is 1.16 bits per heavy atom. The number of nitrogens with one attached hydrogen (secondary N) is 1. The van der Waals surface area contributed by atoms with Gasteiger partial charge in [0.15, 0.2) is 0 Å². The molecule has 0 unspecified atom stereocenters. The van der Waals surface area contributed by atoms with Crippen molar-refractivity contribution in [1.82, 2.24) is 4.31 Å². The smallest absolute Gasteiger partial charge is 0.271 e. The molecule has 0 aliphatic carbocycles. The van der Waals surface area contributed by atoms with Gasteiger partial charge in [0.25, 0.3) is 11.6 Å². The number of carbonyl (C=O) groups is 1. The van der Waals surface area contributed by atoms with Crippen molar-refractivity contribution in [2.75, 3.05) is 49.6 Å². The average molecular weight is 463 g/mol. The van der Waals surface area contributed by atoms with E-state index < -0.39 is 20.9 Å². The lowest BCUT2D eigenvalue weighted by Gasteiger charge is -2.30. The molecule has 1 N–H and O–H groups in total. The zero-order valence-electron chi connectivity index (χ0n) is 18.0. The minimum Gasteiger partial charge on any atom is -0.378 e. The SMILES string of the molecule is CCN(CC)S(=O)(=O)c1ccc(N2CCOCC2)c(C(=O)Nc2cccc([N+](=O)[O-])c2)c1. The molecular formula is C21H26N4O6S. The van der Waals surface area contributed by atoms with Crippen LogP contribution in [0.1, 0.15) is 24.2 Å². The van der Waals surface area contributed by atoms with Crippen molar-refractivity contribution < 1.29 is 22.9 Å². The number of morpholine rings is 1. The van der Waals surface area contributed by atoms with Gasteiger partial charge in [-0.2, -0.15) is 4.31 Å². The first-order valence-corrected chi connectivity index (χ1v) is 11.7. The predicted molar refractivity (Wildman–Crippen MR) is 121 cm³/mol. The molecule has 0 aromatic heterocycles. The molecule has 2 aromatic rings. The summed E-state index contributed by atoms with van der Waals surface area (Å²) in [4.78, 5) is 25.7. The Hall–Kier alpha value is -3.02. The number of amides is 1. The maximum absolute atomic E-state index is 13.2. The van der Waals surface area contributed by atoms with Crippen LogP contribution in [0, 0.1) is 10.1 Å². The molecule has 172 valence electrons. The summed E-state index contributed by atoms with van der Waals surface area (Å²) in [6, 6.07) is 10.1. The van der Waals surface area contributed by atoms with Crippen molar-refractivity contribution >= 4 is 33.0 Å². The van der Waals surface area contributed by atoms with Gasteiger partial charge in [0.1, 0.15) is 0 Å². The first-order chi connectivity index (χ1) is 15.3. The van der Waals surface area contributed by atoms with Gasteiger partial charge in [0.05, 0.1) is 28.6 Å². The second kappa shape index (κ2) is 10.1. The minimum absolute atomic E-state index is 0.0161. The fraction of sp³-hybridized carbons (Fsp3) is 0.381. The van der Waals surface area contributed by atoms with Gasteiger partial charge in [0.2, 0.25) is 10.0 Å². The molecule has 1 amide bonds. The number of nitro groups is 1. The molecule has 2 aromatic carbocycles. The predicted octanol–water partition coefficient (Wildman–Crippen LogP) is 2.71. The number of rotatable bonds is 8. The van der Waals surface area contributed by atoms with Gasteiger partial charge in [-0.05, 0) is 24.3 Å². The van der Waals surface area contributed by atoms with Crippen LogP contribution in [0.5, 0.6) is 0 Å². The number of nitrogens with zero attached hydrogens (tertiary/aromatic N) is 3. The molecule has 0 atom stereocenters. The lowest BCUT2D eigenvalue weighted by atomic mass is 10.1. The van der Waals surface area contributed by atoms with Crippen LogP contribution in [0.25, 0.3) is 0 Å². The van der Waals surface area contributed by atoms with Gasteiger partial charge in [-0.3, -0.25) is 14.9 Å². The summed E-state index contributed by atoms with van der Waals surface area (Å²) in [5.74, 6) is -0.552. The zero-order valence-corrected chi connectivity index (χ0v) is 18.8. The lowest BCUT2D eigenvalue weighted by Crippen LogP contribution is -2.37. The maximum atomic E-state index is 13.2. The third-order valence-electron chi connectivity index (χ3n) is 5.22. The van der Waals surface area contributed by atoms with Crippen molar-refractivity contribution in [3.63, 3.8) is 0 Å². The Bertz CT molecular complexity index is 1100. The molecule has 1 heterocycles. The van der Waals surface area contributed by atoms with Crippen LogP contribution in [0.3, 0.4) is 0 Å². The Morgan fingerprint density at radius 3 is 2.47 bits per heavy atom. The van der Waals surface area contributed by atoms with E-state index in [0.29, 0.717) is 45.1 Å². The fourth-order valence-electron chi connectivity index (χ4n) is 3.55. The normalized spacial score (nSPS) is 14.4. The number of ether oxygens (including phenoxy) is 1. The minimum atomic E-state index is -3.77. The average Bonchev–Trinajstić information content (AvgIpc) is 2.80. The molecule has 0 saturated carbocycles. The quantitative estimate of drug-likeness (QED) is 0.473. The molecular weight excluding hydrogens is 436 g/mol. The van der Waals surface area contributed by atoms with Crippen LogP contribution in [-0.2, 0) is 14.8 Å². The Kier molecular flexibility index (Phi) is 7.44. The summed E-state index contributed by atoms with van der Waals surface area (Å²) in [6.45, 7) is 6.20. The van der Waals surface area contributed by atoms with Crippen molar-refractivity contribution in [1.29, 1.82) is 0 Å². The monoisotopic (exact) mass is 462 g/mol. The summed E-state index contributed by atoms with van der Waals surface area (Å²) in [5.41, 5.74) is 0.838. The number of hydrogen-bond donors (Lipinski definition) is 1. The maximum Gasteiger partial charge on any atom is 0.271 e. The summed E-state index contributed by atoms with van der Waals surface area (Å²) in [6.07, 6.45) is 0. The van der Waals surface area contributed by atoms with Crippen molar-refractivity contribution in [2.24, 2.45) is 0 Å². The van der Waals surface area contributed by atoms with Gasteiger partial charge in [-0.25, -0.2) is 8.42 Å². The van der Waals surface area contributed by atoms with E-state index in [4.69, 9.17) is 4.74 Å². The topological polar surface area (TPSA) is 122 Å². The lowest BCUT2D eigenvalue weighted by molar-refractivity contribution is -0.384. The van der Waals surface area contributed by atoms with Crippen molar-refractivity contribution in [3.8, 4) is 0 Å². The number of anilines is 2. The van der Waals surface area contributed by atoms with E-state index in [2.05, 4.69) is 5.32 Å². The van der Waals surface area contributed by atoms with Gasteiger partial charge in [-0.1, -0.05) is 19.9 Å². The number of hydrogen-bond acceptors (Lipinski definition) is 7. The molecule has 1 fully saturated rings. The van der Waals surface area contributed by atoms with Crippen LogP contribution in [0.15, 0.2) is 47.4 Å². The van der Waals surface area contributed by atoms with E-state index in [1.807, 2.05) is 4.90 Å². The number of nitro benzene ring substituents is 1. The number of sulfonamides is 1. The van der Waals surface area contributed by atoms with Gasteiger partial charge in [-0.15, -0.1) is 0 Å². The summed E-state index contributed by atoms with van der Waals surface area (Å²) >= 11 is 0. The molecule has 32 heavy (non-hydrogen) atoms. The van der Waals surface area contributed by atoms with Crippen molar-refractivity contribution in [3.05, 3.63) is 58.1 Å². The van der Waals surface area contributed by atoms with Crippen LogP contribution >= 0.6 is 0 Å². The summed E-state index contributed by atoms with van der Waals surface area (Å²) < 4.78 is 32.7. The molecule has 3 rings (SSSR count). The fourth-order valence-corrected chi connectivity index (χ4v) is 5.03. The van der Waals surface area contributed by atoms with Crippen LogP contribution < -0.4 is 10.2 Å². The second-order valence-corrected chi connectivity index (χ2v) is 9.07. The third kappa shape index (κ3) is 5.06. The molecule has 10 nitrogen and oxygen atoms in total. The summed E-state index contributed by atoms with van der Waals surface area (Å²) in [5, 5.41) is 13.7. The van der Waals surface area contributed by atoms with Crippen LogP contribution in [0.2, 0.25) is 0 Å². The van der Waals surface area contributed by atoms with E-state index >= 15 is 0 Å². The van der Waals surface area contributed by atoms with E-state index in [-0.39, 0.29) is 21.8 Å². The van der Waals surface area contributed by atoms with E-state index in [0.717, 1.165) is 0 Å². The Morgan fingerprint density at radius 2 is 1.84 bits per heavy atom. The molecule has 1 saturated heterocycles. The zero-order chi connectivity index (χ0) is 23.3. The van der Waals surface area contributed by atoms with Crippen LogP contribution in [0.4, 0.5) is 17.1 Å². The van der Waals surface area contributed by atoms with Gasteiger partial charge < -0.3 is 15.0 Å². The first-order valence-electron chi connectivity index (χ1n) is 10.3. The Labute approximate surface area is 187 Å². The third-order valence-corrected chi connectivity index (χ3v) is 7.27. The molecule has 11 heteroatoms. The first kappa shape index (κ1) is 23.6. The number of carbonyl (C=O) groups excluding carboxylic acids is 1. The highest BCUT2D eigenvalue weighted by Gasteiger charge is 2.26. The molecule has 1 aliphatic heterocycles. The van der Waals surface area contributed by atoms with E-state index in [1.54, 1.807) is 19.9 Å². The number of benzene rings is 2. The molecule has 0 spiro atoms. The van der Waals surface area contributed by atoms with Crippen LogP contribution in [-0.4, -0.2) is 62.9 Å². The molecule has 1 aliphatic rings. The molecule has 0 bridgehead atoms. The standard InChI is InChI=1S/C21H26N4O6S/c1-3-24(4-2)32(29,30)18-8-9-20(23-10-12-31-13-11-23)19(15-18)21(26)22-16-6-5-7-17(14-16)25(27)28/h5-9,14-15H,3-4,10-13H2,1-2H3,(H,22,26). The van der Waals surface area contributed by atoms with Gasteiger partial charge in [0, 0.05) is 49.7 Å². The summed E-state index contributed by atoms with van der Waals surface area (Å²) in [7, 11) is -3.77. The number of non-ortho nitro benzene ring substituents is 1. The largest absolute Gasteiger partial charge is 0.378 e. The highest BCUT2D eigenvalue weighted by Crippen LogP contribution is 2.28. The van der Waals surface area contributed by atoms with E-state index in [9.17, 15) is 23.3 Å². The highest BCUT2D eigenvalue weighted by molar-refractivity contribution is 7.89. The second-order valence-electron chi connectivity index (χ2n) is 7.13. The van der Waals surface area contributed by atoms with Crippen molar-refractivity contribution in [2.45, 2.75) is 18.7 Å². The molecule has 0 radical (unpaired) electrons. The highest BCUT2D eigenvalue weighted by atomic mass is 32.2.